The molecule has 2 nitrogen and oxygen atoms in total. The molecule has 0 amide bonds. The summed E-state index contributed by atoms with van der Waals surface area (Å²) in [5.41, 5.74) is -1.21. The zero-order valence-electron chi connectivity index (χ0n) is 9.26. The van der Waals surface area contributed by atoms with E-state index in [1.165, 1.54) is 0 Å². The fourth-order valence-corrected chi connectivity index (χ4v) is 1.74. The van der Waals surface area contributed by atoms with E-state index < -0.39 is 12.0 Å². The van der Waals surface area contributed by atoms with Crippen LogP contribution in [0.15, 0.2) is 0 Å². The summed E-state index contributed by atoms with van der Waals surface area (Å²) in [4.78, 5) is 1.99. The van der Waals surface area contributed by atoms with Gasteiger partial charge in [-0.05, 0) is 27.7 Å². The second kappa shape index (κ2) is 4.11. The second-order valence-electron chi connectivity index (χ2n) is 4.53. The van der Waals surface area contributed by atoms with Gasteiger partial charge in [0.05, 0.1) is 6.10 Å². The van der Waals surface area contributed by atoms with Gasteiger partial charge in [-0.3, -0.25) is 4.90 Å². The van der Waals surface area contributed by atoms with Crippen LogP contribution in [0.2, 0.25) is 0 Å². The highest BCUT2D eigenvalue weighted by molar-refractivity contribution is 5.01. The molecule has 84 valence electrons. The average molecular weight is 207 g/mol. The molecule has 1 fully saturated rings. The van der Waals surface area contributed by atoms with Crippen molar-refractivity contribution < 1.29 is 13.5 Å². The van der Waals surface area contributed by atoms with Crippen LogP contribution >= 0.6 is 0 Å². The molecule has 1 heterocycles. The fraction of sp³-hybridized carbons (Fsp3) is 1.00. The van der Waals surface area contributed by atoms with Crippen molar-refractivity contribution >= 4 is 0 Å². The zero-order valence-corrected chi connectivity index (χ0v) is 9.26. The molecule has 1 aliphatic heterocycles. The normalized spacial score (nSPS) is 22.1. The standard InChI is InChI=1S/C10H19F2NO/c1-7(2)13-5-10(6-13,9(11)12)14-8(3)4/h7-9H,5-6H2,1-4H3. The molecule has 0 aromatic heterocycles. The monoisotopic (exact) mass is 207 g/mol. The van der Waals surface area contributed by atoms with E-state index in [2.05, 4.69) is 0 Å². The average Bonchev–Trinajstić information content (AvgIpc) is 1.93. The number of alkyl halides is 2. The molecule has 0 bridgehead atoms. The number of halogens is 2. The Bertz CT molecular complexity index is 189. The molecule has 0 radical (unpaired) electrons. The molecule has 1 saturated heterocycles. The molecule has 1 rings (SSSR count). The lowest BCUT2D eigenvalue weighted by atomic mass is 9.92. The molecule has 0 spiro atoms. The lowest BCUT2D eigenvalue weighted by molar-refractivity contribution is -0.233. The van der Waals surface area contributed by atoms with Gasteiger partial charge in [0.15, 0.2) is 5.60 Å². The zero-order chi connectivity index (χ0) is 10.9. The van der Waals surface area contributed by atoms with Gasteiger partial charge in [0.2, 0.25) is 0 Å². The van der Waals surface area contributed by atoms with Gasteiger partial charge in [-0.1, -0.05) is 0 Å². The first kappa shape index (κ1) is 11.9. The first-order valence-electron chi connectivity index (χ1n) is 5.07. The number of ether oxygens (including phenoxy) is 1. The van der Waals surface area contributed by atoms with Gasteiger partial charge in [0.25, 0.3) is 6.43 Å². The Hall–Kier alpha value is -0.220. The van der Waals surface area contributed by atoms with Crippen molar-refractivity contribution in [2.45, 2.75) is 51.9 Å². The van der Waals surface area contributed by atoms with E-state index in [1.54, 1.807) is 13.8 Å². The van der Waals surface area contributed by atoms with Crippen LogP contribution in [0.3, 0.4) is 0 Å². The molecule has 4 heteroatoms. The lowest BCUT2D eigenvalue weighted by Gasteiger charge is -2.51. The van der Waals surface area contributed by atoms with Crippen LogP contribution in [0.25, 0.3) is 0 Å². The summed E-state index contributed by atoms with van der Waals surface area (Å²) < 4.78 is 30.9. The van der Waals surface area contributed by atoms with Gasteiger partial charge in [0.1, 0.15) is 0 Å². The largest absolute Gasteiger partial charge is 0.364 e. The fourth-order valence-electron chi connectivity index (χ4n) is 1.74. The highest BCUT2D eigenvalue weighted by atomic mass is 19.3. The SMILES string of the molecule is CC(C)OC1(C(F)F)CN(C(C)C)C1. The molecule has 0 aromatic carbocycles. The van der Waals surface area contributed by atoms with Gasteiger partial charge in [-0.15, -0.1) is 0 Å². The highest BCUT2D eigenvalue weighted by Gasteiger charge is 2.52. The summed E-state index contributed by atoms with van der Waals surface area (Å²) in [5, 5.41) is 0. The molecule has 0 aliphatic carbocycles. The van der Waals surface area contributed by atoms with Crippen molar-refractivity contribution in [2.24, 2.45) is 0 Å². The Morgan fingerprint density at radius 3 is 1.93 bits per heavy atom. The van der Waals surface area contributed by atoms with E-state index in [0.717, 1.165) is 0 Å². The Kier molecular flexibility index (Phi) is 3.48. The third-order valence-electron chi connectivity index (χ3n) is 2.54. The summed E-state index contributed by atoms with van der Waals surface area (Å²) in [6.07, 6.45) is -2.53. The summed E-state index contributed by atoms with van der Waals surface area (Å²) >= 11 is 0. The summed E-state index contributed by atoms with van der Waals surface area (Å²) in [7, 11) is 0. The second-order valence-corrected chi connectivity index (χ2v) is 4.53. The predicted octanol–water partition coefficient (Wildman–Crippen LogP) is 2.14. The van der Waals surface area contributed by atoms with Crippen LogP contribution in [0.4, 0.5) is 8.78 Å². The van der Waals surface area contributed by atoms with E-state index in [-0.39, 0.29) is 6.10 Å². The third-order valence-corrected chi connectivity index (χ3v) is 2.54. The van der Waals surface area contributed by atoms with Gasteiger partial charge in [-0.2, -0.15) is 0 Å². The quantitative estimate of drug-likeness (QED) is 0.700. The van der Waals surface area contributed by atoms with Crippen LogP contribution in [-0.2, 0) is 4.74 Å². The first-order valence-corrected chi connectivity index (χ1v) is 5.07. The summed E-state index contributed by atoms with van der Waals surface area (Å²) in [6.45, 7) is 8.29. The van der Waals surface area contributed by atoms with Crippen molar-refractivity contribution in [3.8, 4) is 0 Å². The van der Waals surface area contributed by atoms with Crippen molar-refractivity contribution in [2.75, 3.05) is 13.1 Å². The summed E-state index contributed by atoms with van der Waals surface area (Å²) in [6, 6.07) is 0.317. The van der Waals surface area contributed by atoms with Crippen LogP contribution in [0.1, 0.15) is 27.7 Å². The molecule has 0 N–H and O–H groups in total. The van der Waals surface area contributed by atoms with Crippen molar-refractivity contribution in [1.82, 2.24) is 4.90 Å². The van der Waals surface area contributed by atoms with E-state index >= 15 is 0 Å². The number of hydrogen-bond acceptors (Lipinski definition) is 2. The Balaban J connectivity index is 2.53. The molecular formula is C10H19F2NO. The topological polar surface area (TPSA) is 12.5 Å². The number of likely N-dealkylation sites (tertiary alicyclic amines) is 1. The first-order chi connectivity index (χ1) is 6.37. The smallest absolute Gasteiger partial charge is 0.269 e. The molecule has 0 saturated carbocycles. The maximum absolute atomic E-state index is 12.8. The third kappa shape index (κ3) is 2.23. The number of nitrogens with zero attached hydrogens (tertiary/aromatic N) is 1. The predicted molar refractivity (Wildman–Crippen MR) is 51.7 cm³/mol. The minimum Gasteiger partial charge on any atom is -0.364 e. The van der Waals surface area contributed by atoms with Crippen molar-refractivity contribution in [1.29, 1.82) is 0 Å². The maximum Gasteiger partial charge on any atom is 0.269 e. The maximum atomic E-state index is 12.8. The highest BCUT2D eigenvalue weighted by Crippen LogP contribution is 2.33. The van der Waals surface area contributed by atoms with Gasteiger partial charge in [0, 0.05) is 19.1 Å². The van der Waals surface area contributed by atoms with Crippen LogP contribution < -0.4 is 0 Å². The van der Waals surface area contributed by atoms with Gasteiger partial charge in [-0.25, -0.2) is 8.78 Å². The van der Waals surface area contributed by atoms with Crippen LogP contribution in [0.5, 0.6) is 0 Å². The van der Waals surface area contributed by atoms with Gasteiger partial charge < -0.3 is 4.74 Å². The molecule has 0 unspecified atom stereocenters. The lowest BCUT2D eigenvalue weighted by Crippen LogP contribution is -2.69. The van der Waals surface area contributed by atoms with E-state index in [0.29, 0.717) is 19.1 Å². The molecule has 1 aliphatic rings. The van der Waals surface area contributed by atoms with Crippen molar-refractivity contribution in [3.05, 3.63) is 0 Å². The molecule has 0 atom stereocenters. The molecular weight excluding hydrogens is 188 g/mol. The van der Waals surface area contributed by atoms with E-state index in [9.17, 15) is 8.78 Å². The molecule has 0 aromatic rings. The van der Waals surface area contributed by atoms with E-state index in [4.69, 9.17) is 4.74 Å². The number of hydrogen-bond donors (Lipinski definition) is 0. The van der Waals surface area contributed by atoms with Crippen LogP contribution in [0, 0.1) is 0 Å². The Morgan fingerprint density at radius 2 is 1.64 bits per heavy atom. The minimum atomic E-state index is -2.39. The van der Waals surface area contributed by atoms with E-state index in [1.807, 2.05) is 18.7 Å². The molecule has 14 heavy (non-hydrogen) atoms. The summed E-state index contributed by atoms with van der Waals surface area (Å²) in [5.74, 6) is 0. The number of rotatable bonds is 4. The van der Waals surface area contributed by atoms with Crippen LogP contribution in [-0.4, -0.2) is 42.2 Å². The Morgan fingerprint density at radius 1 is 1.14 bits per heavy atom. The minimum absolute atomic E-state index is 0.140. The van der Waals surface area contributed by atoms with Gasteiger partial charge >= 0.3 is 0 Å². The van der Waals surface area contributed by atoms with Crippen molar-refractivity contribution in [3.63, 3.8) is 0 Å². The Labute approximate surface area is 84.2 Å².